The molecule has 0 bridgehead atoms. The second-order valence-electron chi connectivity index (χ2n) is 4.06. The van der Waals surface area contributed by atoms with Crippen LogP contribution in [0, 0.1) is 6.92 Å². The molecular weight excluding hydrogens is 392 g/mol. The summed E-state index contributed by atoms with van der Waals surface area (Å²) in [5.41, 5.74) is 2.75. The molecule has 1 heterocycles. The van der Waals surface area contributed by atoms with E-state index in [9.17, 15) is 4.79 Å². The monoisotopic (exact) mass is 402 g/mol. The molecule has 1 aromatic heterocycles. The zero-order chi connectivity index (χ0) is 14.7. The van der Waals surface area contributed by atoms with Gasteiger partial charge < -0.3 is 9.15 Å². The summed E-state index contributed by atoms with van der Waals surface area (Å²) in [5, 5.41) is 0. The molecule has 5 nitrogen and oxygen atoms in total. The average molecular weight is 404 g/mol. The third-order valence-corrected chi connectivity index (χ3v) is 3.68. The maximum atomic E-state index is 11.4. The predicted molar refractivity (Wildman–Crippen MR) is 81.3 cm³/mol. The van der Waals surface area contributed by atoms with Gasteiger partial charge in [0.15, 0.2) is 5.76 Å². The predicted octanol–water partition coefficient (Wildman–Crippen LogP) is 3.30. The first kappa shape index (κ1) is 15.1. The van der Waals surface area contributed by atoms with Gasteiger partial charge in [0.1, 0.15) is 18.1 Å². The zero-order valence-electron chi connectivity index (χ0n) is 10.6. The fourth-order valence-electron chi connectivity index (χ4n) is 1.65. The van der Waals surface area contributed by atoms with Gasteiger partial charge in [-0.15, -0.1) is 0 Å². The van der Waals surface area contributed by atoms with Crippen LogP contribution in [0.2, 0.25) is 0 Å². The van der Waals surface area contributed by atoms with Crippen LogP contribution < -0.4 is 16.0 Å². The molecule has 0 saturated carbocycles. The number of rotatable bonds is 4. The van der Waals surface area contributed by atoms with E-state index in [0.29, 0.717) is 17.1 Å². The van der Waals surface area contributed by atoms with E-state index < -0.39 is 5.91 Å². The van der Waals surface area contributed by atoms with Crippen LogP contribution in [0.25, 0.3) is 0 Å². The molecule has 0 saturated heterocycles. The smallest absolute Gasteiger partial charge is 0.301 e. The highest BCUT2D eigenvalue weighted by Crippen LogP contribution is 2.29. The Labute approximate surface area is 132 Å². The summed E-state index contributed by atoms with van der Waals surface area (Å²) < 4.78 is 12.8. The lowest BCUT2D eigenvalue weighted by atomic mass is 10.2. The third-order valence-electron chi connectivity index (χ3n) is 2.57. The molecule has 3 N–H and O–H groups in total. The van der Waals surface area contributed by atoms with E-state index >= 15 is 0 Å². The standard InChI is InChI=1S/C13H12Br2N2O3/c1-7-4-9(20-12(7)13(18)17-16)6-19-11-3-2-8(14)5-10(11)15/h2-5H,6,16H2,1H3,(H,17,18). The highest BCUT2D eigenvalue weighted by Gasteiger charge is 2.15. The van der Waals surface area contributed by atoms with Gasteiger partial charge in [0.2, 0.25) is 0 Å². The van der Waals surface area contributed by atoms with Gasteiger partial charge in [-0.2, -0.15) is 0 Å². The number of nitrogen functional groups attached to an aromatic ring is 1. The number of hydrogen-bond donors (Lipinski definition) is 2. The van der Waals surface area contributed by atoms with Crippen LogP contribution >= 0.6 is 31.9 Å². The van der Waals surface area contributed by atoms with Crippen molar-refractivity contribution in [2.45, 2.75) is 13.5 Å². The van der Waals surface area contributed by atoms with Crippen molar-refractivity contribution >= 4 is 37.8 Å². The molecule has 1 aromatic carbocycles. The Kier molecular flexibility index (Phi) is 4.85. The second kappa shape index (κ2) is 6.43. The van der Waals surface area contributed by atoms with Crippen molar-refractivity contribution in [1.29, 1.82) is 0 Å². The lowest BCUT2D eigenvalue weighted by Crippen LogP contribution is -2.30. The van der Waals surface area contributed by atoms with Gasteiger partial charge in [0, 0.05) is 10.0 Å². The third kappa shape index (κ3) is 3.41. The Bertz CT molecular complexity index is 641. The van der Waals surface area contributed by atoms with E-state index in [-0.39, 0.29) is 12.4 Å². The number of amides is 1. The molecule has 0 fully saturated rings. The van der Waals surface area contributed by atoms with Crippen LogP contribution in [0.1, 0.15) is 21.9 Å². The SMILES string of the molecule is Cc1cc(COc2ccc(Br)cc2Br)oc1C(=O)NN. The maximum Gasteiger partial charge on any atom is 0.301 e. The van der Waals surface area contributed by atoms with Gasteiger partial charge in [0.25, 0.3) is 0 Å². The number of ether oxygens (including phenoxy) is 1. The minimum Gasteiger partial charge on any atom is -0.484 e. The molecule has 0 aliphatic rings. The summed E-state index contributed by atoms with van der Waals surface area (Å²) in [6.07, 6.45) is 0. The van der Waals surface area contributed by atoms with E-state index in [1.165, 1.54) is 0 Å². The molecule has 20 heavy (non-hydrogen) atoms. The highest BCUT2D eigenvalue weighted by atomic mass is 79.9. The average Bonchev–Trinajstić information content (AvgIpc) is 2.78. The van der Waals surface area contributed by atoms with Crippen molar-refractivity contribution in [3.63, 3.8) is 0 Å². The first-order valence-corrected chi connectivity index (χ1v) is 7.28. The molecule has 0 radical (unpaired) electrons. The summed E-state index contributed by atoms with van der Waals surface area (Å²) in [4.78, 5) is 11.4. The van der Waals surface area contributed by atoms with Crippen molar-refractivity contribution in [2.75, 3.05) is 0 Å². The van der Waals surface area contributed by atoms with Gasteiger partial charge in [-0.3, -0.25) is 10.2 Å². The van der Waals surface area contributed by atoms with Crippen LogP contribution in [0.4, 0.5) is 0 Å². The van der Waals surface area contributed by atoms with E-state index in [0.717, 1.165) is 8.95 Å². The number of benzene rings is 1. The van der Waals surface area contributed by atoms with E-state index in [2.05, 4.69) is 31.9 Å². The summed E-state index contributed by atoms with van der Waals surface area (Å²) in [5.74, 6) is 6.05. The number of hydrogen-bond acceptors (Lipinski definition) is 4. The van der Waals surface area contributed by atoms with Crippen molar-refractivity contribution in [3.05, 3.63) is 50.3 Å². The van der Waals surface area contributed by atoms with E-state index in [1.54, 1.807) is 13.0 Å². The largest absolute Gasteiger partial charge is 0.484 e. The number of hydrazine groups is 1. The summed E-state index contributed by atoms with van der Waals surface area (Å²) >= 11 is 6.78. The Morgan fingerprint density at radius 2 is 2.15 bits per heavy atom. The lowest BCUT2D eigenvalue weighted by Gasteiger charge is -2.06. The van der Waals surface area contributed by atoms with Crippen molar-refractivity contribution in [1.82, 2.24) is 5.43 Å². The molecule has 1 amide bonds. The van der Waals surface area contributed by atoms with Crippen LogP contribution in [0.3, 0.4) is 0 Å². The molecule has 2 rings (SSSR count). The molecule has 7 heteroatoms. The fourth-order valence-corrected chi connectivity index (χ4v) is 2.81. The Balaban J connectivity index is 2.09. The Morgan fingerprint density at radius 3 is 2.80 bits per heavy atom. The zero-order valence-corrected chi connectivity index (χ0v) is 13.7. The maximum absolute atomic E-state index is 11.4. The fraction of sp³-hybridized carbons (Fsp3) is 0.154. The van der Waals surface area contributed by atoms with Gasteiger partial charge in [-0.25, -0.2) is 5.84 Å². The molecular formula is C13H12Br2N2O3. The molecule has 0 unspecified atom stereocenters. The molecule has 106 valence electrons. The normalized spacial score (nSPS) is 10.4. The van der Waals surface area contributed by atoms with E-state index in [4.69, 9.17) is 15.0 Å². The lowest BCUT2D eigenvalue weighted by molar-refractivity contribution is 0.0921. The molecule has 0 aliphatic heterocycles. The molecule has 0 spiro atoms. The number of nitrogens with one attached hydrogen (secondary N) is 1. The van der Waals surface area contributed by atoms with Crippen LogP contribution in [0.15, 0.2) is 37.6 Å². The first-order chi connectivity index (χ1) is 9.51. The number of halogens is 2. The van der Waals surface area contributed by atoms with Crippen LogP contribution in [0.5, 0.6) is 5.75 Å². The van der Waals surface area contributed by atoms with Gasteiger partial charge in [0.05, 0.1) is 4.47 Å². The summed E-state index contributed by atoms with van der Waals surface area (Å²) in [6, 6.07) is 7.34. The van der Waals surface area contributed by atoms with Crippen molar-refractivity contribution in [2.24, 2.45) is 5.84 Å². The van der Waals surface area contributed by atoms with Crippen molar-refractivity contribution < 1.29 is 13.9 Å². The number of carbonyl (C=O) groups is 1. The second-order valence-corrected chi connectivity index (χ2v) is 5.83. The van der Waals surface area contributed by atoms with Gasteiger partial charge >= 0.3 is 5.91 Å². The van der Waals surface area contributed by atoms with E-state index in [1.807, 2.05) is 23.6 Å². The number of nitrogens with two attached hydrogens (primary N) is 1. The minimum absolute atomic E-state index is 0.195. The minimum atomic E-state index is -0.460. The topological polar surface area (TPSA) is 77.5 Å². The Hall–Kier alpha value is -1.31. The first-order valence-electron chi connectivity index (χ1n) is 5.69. The molecule has 0 atom stereocenters. The number of furan rings is 1. The quantitative estimate of drug-likeness (QED) is 0.466. The van der Waals surface area contributed by atoms with Crippen LogP contribution in [-0.4, -0.2) is 5.91 Å². The molecule has 0 aliphatic carbocycles. The summed E-state index contributed by atoms with van der Waals surface area (Å²) in [6.45, 7) is 1.99. The van der Waals surface area contributed by atoms with Gasteiger partial charge in [-0.05, 0) is 47.1 Å². The van der Waals surface area contributed by atoms with Crippen LogP contribution in [-0.2, 0) is 6.61 Å². The number of aryl methyl sites for hydroxylation is 1. The van der Waals surface area contributed by atoms with Crippen molar-refractivity contribution in [3.8, 4) is 5.75 Å². The van der Waals surface area contributed by atoms with Gasteiger partial charge in [-0.1, -0.05) is 15.9 Å². The number of carbonyl (C=O) groups excluding carboxylic acids is 1. The Morgan fingerprint density at radius 1 is 1.40 bits per heavy atom. The summed E-state index contributed by atoms with van der Waals surface area (Å²) in [7, 11) is 0. The highest BCUT2D eigenvalue weighted by molar-refractivity contribution is 9.11. The molecule has 2 aromatic rings.